The molecule has 9 aromatic rings. The summed E-state index contributed by atoms with van der Waals surface area (Å²) in [6.45, 7) is 16.7. The molecule has 0 saturated heterocycles. The van der Waals surface area contributed by atoms with Gasteiger partial charge in [-0.05, 0) is 146 Å². The number of rotatable bonds is 6. The predicted molar refractivity (Wildman–Crippen MR) is 311 cm³/mol. The molecule has 2 unspecified atom stereocenters. The molecule has 0 spiro atoms. The highest BCUT2D eigenvalue weighted by Gasteiger charge is 2.61. The number of para-hydroxylation sites is 2. The summed E-state index contributed by atoms with van der Waals surface area (Å²) in [7, 11) is 0. The van der Waals surface area contributed by atoms with E-state index in [0.717, 1.165) is 24.2 Å². The summed E-state index contributed by atoms with van der Waals surface area (Å²) < 4.78 is 0. The molecule has 0 bridgehead atoms. The first-order valence-electron chi connectivity index (χ1n) is 26.7. The van der Waals surface area contributed by atoms with Crippen LogP contribution in [0.4, 0.5) is 45.5 Å². The summed E-state index contributed by atoms with van der Waals surface area (Å²) in [6, 6.07) is 81.1. The van der Waals surface area contributed by atoms with Crippen molar-refractivity contribution < 1.29 is 0 Å². The van der Waals surface area contributed by atoms with Gasteiger partial charge in [0.25, 0.3) is 6.71 Å². The van der Waals surface area contributed by atoms with Gasteiger partial charge in [0, 0.05) is 50.9 Å². The number of benzene rings is 9. The number of anilines is 8. The second kappa shape index (κ2) is 16.8. The van der Waals surface area contributed by atoms with Gasteiger partial charge in [0.2, 0.25) is 0 Å². The van der Waals surface area contributed by atoms with Crippen LogP contribution in [0, 0.1) is 0 Å². The smallest absolute Gasteiger partial charge is 0.252 e. The molecule has 0 radical (unpaired) electrons. The normalized spacial score (nSPS) is 18.7. The molecule has 13 rings (SSSR count). The van der Waals surface area contributed by atoms with Crippen LogP contribution < -0.4 is 31.1 Å². The van der Waals surface area contributed by atoms with Crippen LogP contribution in [0.1, 0.15) is 96.4 Å². The van der Waals surface area contributed by atoms with Crippen LogP contribution >= 0.6 is 0 Å². The number of hydrogen-bond acceptors (Lipinski definition) is 3. The van der Waals surface area contributed by atoms with E-state index in [1.807, 2.05) is 0 Å². The van der Waals surface area contributed by atoms with E-state index in [1.165, 1.54) is 108 Å². The highest BCUT2D eigenvalue weighted by atomic mass is 15.3. The van der Waals surface area contributed by atoms with Crippen molar-refractivity contribution >= 4 is 68.6 Å². The highest BCUT2D eigenvalue weighted by molar-refractivity contribution is 7.00. The Morgan fingerprint density at radius 1 is 0.397 bits per heavy atom. The molecule has 2 atom stereocenters. The average molecular weight is 946 g/mol. The molecular formula is C69H64BN3. The zero-order valence-corrected chi connectivity index (χ0v) is 43.5. The van der Waals surface area contributed by atoms with Crippen LogP contribution in [0.25, 0.3) is 22.3 Å². The molecule has 9 aromatic carbocycles. The summed E-state index contributed by atoms with van der Waals surface area (Å²) >= 11 is 0. The molecule has 3 heterocycles. The molecule has 3 nitrogen and oxygen atoms in total. The van der Waals surface area contributed by atoms with Gasteiger partial charge in [0.05, 0.1) is 5.54 Å². The Hall–Kier alpha value is -7.56. The molecule has 0 aromatic heterocycles. The summed E-state index contributed by atoms with van der Waals surface area (Å²) in [5.41, 5.74) is 23.7. The van der Waals surface area contributed by atoms with Crippen molar-refractivity contribution in [1.82, 2.24) is 0 Å². The van der Waals surface area contributed by atoms with Crippen molar-refractivity contribution in [3.05, 3.63) is 235 Å². The standard InChI is InChI=1S/C69H64BN3/c1-66(2,3)51-33-35-52(36-34-51)69-41-20-19-40-68(69,7)73(60-39-37-53(44-57(60)69)67(4,5)6)56-45-63-65-64(46-56)72(55-29-21-26-49(42-55)47-22-11-8-12-23-47)62-43-50(48-24-13-9-14-25-48)32-38-59(62)70(65)58-30-17-18-31-61(58)71(63)54-27-15-10-16-28-54/h8-18,21-39,42-46H,19-20,40-41H2,1-7H3. The monoisotopic (exact) mass is 946 g/mol. The number of fused-ring (bicyclic) bond motifs is 7. The molecule has 3 aliphatic heterocycles. The predicted octanol–water partition coefficient (Wildman–Crippen LogP) is 16.5. The fourth-order valence-corrected chi connectivity index (χ4v) is 13.6. The molecule has 4 heteroatoms. The summed E-state index contributed by atoms with van der Waals surface area (Å²) in [4.78, 5) is 8.01. The van der Waals surface area contributed by atoms with Gasteiger partial charge in [0.1, 0.15) is 0 Å². The van der Waals surface area contributed by atoms with Gasteiger partial charge in [-0.1, -0.05) is 212 Å². The highest BCUT2D eigenvalue weighted by Crippen LogP contribution is 2.65. The Balaban J connectivity index is 1.13. The molecule has 0 amide bonds. The van der Waals surface area contributed by atoms with Gasteiger partial charge in [-0.25, -0.2) is 0 Å². The van der Waals surface area contributed by atoms with Crippen molar-refractivity contribution in [1.29, 1.82) is 0 Å². The van der Waals surface area contributed by atoms with Gasteiger partial charge in [-0.2, -0.15) is 0 Å². The van der Waals surface area contributed by atoms with E-state index in [-0.39, 0.29) is 28.5 Å². The molecule has 1 fully saturated rings. The minimum absolute atomic E-state index is 0.00510. The SMILES string of the molecule is CC(C)(C)c1ccc(C23CCCCC2(C)N(c2cc4c5c(c2)N(c2cccc(-c6ccccc6)c2)c2cc(-c6ccccc6)ccc2B5c2ccccc2N4c2ccccc2)c2ccc(C(C)(C)C)cc23)cc1. The number of nitrogens with zero attached hydrogens (tertiary/aromatic N) is 3. The fraction of sp³-hybridized carbons (Fsp3) is 0.217. The van der Waals surface area contributed by atoms with Crippen LogP contribution in [0.5, 0.6) is 0 Å². The number of hydrogen-bond donors (Lipinski definition) is 0. The Kier molecular flexibility index (Phi) is 10.4. The Bertz CT molecular complexity index is 3570. The Labute approximate surface area is 433 Å². The van der Waals surface area contributed by atoms with Gasteiger partial charge in [0.15, 0.2) is 0 Å². The van der Waals surface area contributed by atoms with Crippen LogP contribution in [0.3, 0.4) is 0 Å². The second-order valence-corrected chi connectivity index (χ2v) is 23.5. The third kappa shape index (κ3) is 7.00. The van der Waals surface area contributed by atoms with Crippen molar-refractivity contribution in [3.63, 3.8) is 0 Å². The van der Waals surface area contributed by atoms with E-state index in [9.17, 15) is 0 Å². The van der Waals surface area contributed by atoms with E-state index in [4.69, 9.17) is 0 Å². The molecule has 4 aliphatic rings. The third-order valence-electron chi connectivity index (χ3n) is 17.2. The first kappa shape index (κ1) is 45.3. The molecule has 1 aliphatic carbocycles. The fourth-order valence-electron chi connectivity index (χ4n) is 13.6. The maximum absolute atomic E-state index is 2.83. The third-order valence-corrected chi connectivity index (χ3v) is 17.2. The quantitative estimate of drug-likeness (QED) is 0.154. The van der Waals surface area contributed by atoms with E-state index < -0.39 is 0 Å². The van der Waals surface area contributed by atoms with Crippen LogP contribution in [0.15, 0.2) is 212 Å². The molecule has 0 N–H and O–H groups in total. The summed E-state index contributed by atoms with van der Waals surface area (Å²) in [5.74, 6) is 0. The molecule has 358 valence electrons. The first-order chi connectivity index (χ1) is 35.3. The van der Waals surface area contributed by atoms with Crippen LogP contribution in [0.2, 0.25) is 0 Å². The minimum atomic E-state index is -0.289. The van der Waals surface area contributed by atoms with Gasteiger partial charge in [-0.15, -0.1) is 0 Å². The van der Waals surface area contributed by atoms with Gasteiger partial charge in [-0.3, -0.25) is 0 Å². The van der Waals surface area contributed by atoms with Crippen molar-refractivity contribution in [2.75, 3.05) is 14.7 Å². The minimum Gasteiger partial charge on any atom is -0.334 e. The van der Waals surface area contributed by atoms with Crippen molar-refractivity contribution in [2.45, 2.75) is 95.9 Å². The molecule has 73 heavy (non-hydrogen) atoms. The first-order valence-corrected chi connectivity index (χ1v) is 26.7. The van der Waals surface area contributed by atoms with E-state index in [0.29, 0.717) is 0 Å². The Morgan fingerprint density at radius 3 is 1.62 bits per heavy atom. The maximum Gasteiger partial charge on any atom is 0.252 e. The lowest BCUT2D eigenvalue weighted by atomic mass is 9.33. The molecule has 1 saturated carbocycles. The van der Waals surface area contributed by atoms with E-state index in [2.05, 4.69) is 275 Å². The van der Waals surface area contributed by atoms with Gasteiger partial charge >= 0.3 is 0 Å². The average Bonchev–Trinajstić information content (AvgIpc) is 3.67. The lowest BCUT2D eigenvalue weighted by Crippen LogP contribution is -2.61. The largest absolute Gasteiger partial charge is 0.334 e. The van der Waals surface area contributed by atoms with Gasteiger partial charge < -0.3 is 14.7 Å². The van der Waals surface area contributed by atoms with Crippen LogP contribution in [-0.4, -0.2) is 12.3 Å². The zero-order valence-electron chi connectivity index (χ0n) is 43.5. The van der Waals surface area contributed by atoms with Crippen molar-refractivity contribution in [2.24, 2.45) is 0 Å². The van der Waals surface area contributed by atoms with E-state index >= 15 is 0 Å². The molecular weight excluding hydrogens is 882 g/mol. The Morgan fingerprint density at radius 2 is 0.945 bits per heavy atom. The lowest BCUT2D eigenvalue weighted by Gasteiger charge is -2.53. The van der Waals surface area contributed by atoms with Crippen LogP contribution in [-0.2, 0) is 16.2 Å². The zero-order chi connectivity index (χ0) is 49.9. The summed E-state index contributed by atoms with van der Waals surface area (Å²) in [6.07, 6.45) is 4.52. The summed E-state index contributed by atoms with van der Waals surface area (Å²) in [5, 5.41) is 0. The van der Waals surface area contributed by atoms with Crippen molar-refractivity contribution in [3.8, 4) is 22.3 Å². The maximum atomic E-state index is 2.83. The lowest BCUT2D eigenvalue weighted by molar-refractivity contribution is 0.215. The topological polar surface area (TPSA) is 9.72 Å². The van der Waals surface area contributed by atoms with E-state index in [1.54, 1.807) is 0 Å². The second-order valence-electron chi connectivity index (χ2n) is 23.5.